The summed E-state index contributed by atoms with van der Waals surface area (Å²) in [5.74, 6) is 0.0344. The smallest absolute Gasteiger partial charge is 0.226 e. The van der Waals surface area contributed by atoms with E-state index in [-0.39, 0.29) is 24.4 Å². The molecule has 1 fully saturated rings. The van der Waals surface area contributed by atoms with E-state index in [9.17, 15) is 9.90 Å². The minimum Gasteiger partial charge on any atom is -0.388 e. The van der Waals surface area contributed by atoms with Crippen LogP contribution in [0.15, 0.2) is 24.3 Å². The zero-order valence-electron chi connectivity index (χ0n) is 12.1. The SMILES string of the molecule is CC1CCCC(C)N1C(=O)CC(O)c1ccc(Cl)cc1. The van der Waals surface area contributed by atoms with E-state index in [4.69, 9.17) is 11.6 Å². The first-order valence-corrected chi connectivity index (χ1v) is 7.61. The van der Waals surface area contributed by atoms with Crippen LogP contribution in [0.25, 0.3) is 0 Å². The monoisotopic (exact) mass is 295 g/mol. The molecule has 3 atom stereocenters. The maximum Gasteiger partial charge on any atom is 0.226 e. The van der Waals surface area contributed by atoms with E-state index in [0.717, 1.165) is 18.4 Å². The number of nitrogens with zero attached hydrogens (tertiary/aromatic N) is 1. The zero-order valence-corrected chi connectivity index (χ0v) is 12.8. The van der Waals surface area contributed by atoms with E-state index in [1.807, 2.05) is 4.90 Å². The van der Waals surface area contributed by atoms with Crippen molar-refractivity contribution in [3.8, 4) is 0 Å². The molecule has 3 nitrogen and oxygen atoms in total. The number of carbonyl (C=O) groups excluding carboxylic acids is 1. The highest BCUT2D eigenvalue weighted by Crippen LogP contribution is 2.26. The first-order valence-electron chi connectivity index (χ1n) is 7.23. The van der Waals surface area contributed by atoms with Gasteiger partial charge in [-0.2, -0.15) is 0 Å². The van der Waals surface area contributed by atoms with Crippen LogP contribution in [-0.4, -0.2) is 28.0 Å². The Kier molecular flexibility index (Phi) is 5.06. The standard InChI is InChI=1S/C16H22ClNO2/c1-11-4-3-5-12(2)18(11)16(20)10-15(19)13-6-8-14(17)9-7-13/h6-9,11-12,15,19H,3-5,10H2,1-2H3. The van der Waals surface area contributed by atoms with Gasteiger partial charge < -0.3 is 10.0 Å². The van der Waals surface area contributed by atoms with Crippen LogP contribution in [0.4, 0.5) is 0 Å². The highest BCUT2D eigenvalue weighted by atomic mass is 35.5. The van der Waals surface area contributed by atoms with Crippen LogP contribution < -0.4 is 0 Å². The topological polar surface area (TPSA) is 40.5 Å². The lowest BCUT2D eigenvalue weighted by molar-refractivity contribution is -0.139. The molecule has 1 aliphatic heterocycles. The molecule has 0 aromatic heterocycles. The summed E-state index contributed by atoms with van der Waals surface area (Å²) >= 11 is 5.83. The molecule has 0 saturated carbocycles. The van der Waals surface area contributed by atoms with Gasteiger partial charge in [0, 0.05) is 17.1 Å². The summed E-state index contributed by atoms with van der Waals surface area (Å²) in [5.41, 5.74) is 0.736. The number of likely N-dealkylation sites (tertiary alicyclic amines) is 1. The van der Waals surface area contributed by atoms with E-state index in [0.29, 0.717) is 5.02 Å². The first-order chi connectivity index (χ1) is 9.49. The summed E-state index contributed by atoms with van der Waals surface area (Å²) in [7, 11) is 0. The van der Waals surface area contributed by atoms with Crippen molar-refractivity contribution in [1.82, 2.24) is 4.90 Å². The van der Waals surface area contributed by atoms with Crippen LogP contribution in [0.2, 0.25) is 5.02 Å². The molecule has 1 aliphatic rings. The Morgan fingerprint density at radius 1 is 1.30 bits per heavy atom. The summed E-state index contributed by atoms with van der Waals surface area (Å²) in [6.07, 6.45) is 2.64. The molecule has 0 radical (unpaired) electrons. The number of hydrogen-bond acceptors (Lipinski definition) is 2. The van der Waals surface area contributed by atoms with Crippen molar-refractivity contribution in [3.63, 3.8) is 0 Å². The van der Waals surface area contributed by atoms with Crippen molar-refractivity contribution in [2.24, 2.45) is 0 Å². The molecule has 1 aromatic carbocycles. The van der Waals surface area contributed by atoms with Crippen LogP contribution in [0.3, 0.4) is 0 Å². The van der Waals surface area contributed by atoms with Crippen molar-refractivity contribution in [3.05, 3.63) is 34.9 Å². The largest absolute Gasteiger partial charge is 0.388 e. The van der Waals surface area contributed by atoms with Crippen molar-refractivity contribution in [2.45, 2.75) is 57.7 Å². The molecule has 2 rings (SSSR count). The Morgan fingerprint density at radius 2 is 1.85 bits per heavy atom. The predicted molar refractivity (Wildman–Crippen MR) is 80.6 cm³/mol. The lowest BCUT2D eigenvalue weighted by Gasteiger charge is -2.39. The van der Waals surface area contributed by atoms with E-state index < -0.39 is 6.10 Å². The van der Waals surface area contributed by atoms with Crippen molar-refractivity contribution in [2.75, 3.05) is 0 Å². The molecule has 1 aromatic rings. The Hall–Kier alpha value is -1.06. The Morgan fingerprint density at radius 3 is 2.40 bits per heavy atom. The van der Waals surface area contributed by atoms with E-state index in [1.54, 1.807) is 24.3 Å². The van der Waals surface area contributed by atoms with Crippen LogP contribution >= 0.6 is 11.6 Å². The maximum atomic E-state index is 12.4. The van der Waals surface area contributed by atoms with E-state index >= 15 is 0 Å². The number of amides is 1. The van der Waals surface area contributed by atoms with Gasteiger partial charge in [-0.25, -0.2) is 0 Å². The summed E-state index contributed by atoms with van der Waals surface area (Å²) in [6.45, 7) is 4.17. The predicted octanol–water partition coefficient (Wildman–Crippen LogP) is 3.55. The van der Waals surface area contributed by atoms with Gasteiger partial charge in [0.2, 0.25) is 5.91 Å². The van der Waals surface area contributed by atoms with E-state index in [2.05, 4.69) is 13.8 Å². The normalized spacial score (nSPS) is 24.5. The molecule has 110 valence electrons. The third-order valence-corrected chi connectivity index (χ3v) is 4.36. The highest BCUT2D eigenvalue weighted by molar-refractivity contribution is 6.30. The average Bonchev–Trinajstić information content (AvgIpc) is 2.39. The quantitative estimate of drug-likeness (QED) is 0.926. The van der Waals surface area contributed by atoms with Gasteiger partial charge in [-0.1, -0.05) is 23.7 Å². The third-order valence-electron chi connectivity index (χ3n) is 4.10. The molecule has 1 saturated heterocycles. The van der Waals surface area contributed by atoms with Gasteiger partial charge in [-0.15, -0.1) is 0 Å². The second-order valence-corrected chi connectivity index (χ2v) is 6.14. The van der Waals surface area contributed by atoms with Crippen molar-refractivity contribution in [1.29, 1.82) is 0 Å². The Labute approximate surface area is 125 Å². The van der Waals surface area contributed by atoms with Crippen LogP contribution in [0.1, 0.15) is 51.2 Å². The summed E-state index contributed by atoms with van der Waals surface area (Å²) < 4.78 is 0. The number of benzene rings is 1. The fourth-order valence-corrected chi connectivity index (χ4v) is 3.11. The molecule has 0 aliphatic carbocycles. The molecular formula is C16H22ClNO2. The molecule has 1 heterocycles. The molecule has 0 bridgehead atoms. The van der Waals surface area contributed by atoms with Gasteiger partial charge in [0.25, 0.3) is 0 Å². The lowest BCUT2D eigenvalue weighted by Crippen LogP contribution is -2.47. The van der Waals surface area contributed by atoms with Gasteiger partial charge in [0.05, 0.1) is 12.5 Å². The summed E-state index contributed by atoms with van der Waals surface area (Å²) in [4.78, 5) is 14.3. The Bertz CT molecular complexity index is 450. The van der Waals surface area contributed by atoms with Crippen LogP contribution in [0.5, 0.6) is 0 Å². The molecule has 3 unspecified atom stereocenters. The number of aliphatic hydroxyl groups is 1. The van der Waals surface area contributed by atoms with Gasteiger partial charge in [0.1, 0.15) is 0 Å². The highest BCUT2D eigenvalue weighted by Gasteiger charge is 2.30. The number of rotatable bonds is 3. The molecule has 1 N–H and O–H groups in total. The maximum absolute atomic E-state index is 12.4. The third kappa shape index (κ3) is 3.53. The van der Waals surface area contributed by atoms with E-state index in [1.165, 1.54) is 6.42 Å². The summed E-state index contributed by atoms with van der Waals surface area (Å²) in [5, 5.41) is 10.8. The molecule has 4 heteroatoms. The minimum atomic E-state index is -0.763. The second kappa shape index (κ2) is 6.59. The van der Waals surface area contributed by atoms with Crippen LogP contribution in [0, 0.1) is 0 Å². The summed E-state index contributed by atoms with van der Waals surface area (Å²) in [6, 6.07) is 7.53. The zero-order chi connectivity index (χ0) is 14.7. The molecule has 1 amide bonds. The second-order valence-electron chi connectivity index (χ2n) is 5.70. The molecule has 20 heavy (non-hydrogen) atoms. The van der Waals surface area contributed by atoms with Gasteiger partial charge in [-0.3, -0.25) is 4.79 Å². The Balaban J connectivity index is 2.01. The van der Waals surface area contributed by atoms with Gasteiger partial charge in [-0.05, 0) is 50.8 Å². The molecular weight excluding hydrogens is 274 g/mol. The first kappa shape index (κ1) is 15.3. The number of halogens is 1. The number of hydrogen-bond donors (Lipinski definition) is 1. The van der Waals surface area contributed by atoms with Gasteiger partial charge >= 0.3 is 0 Å². The van der Waals surface area contributed by atoms with Crippen molar-refractivity contribution < 1.29 is 9.90 Å². The van der Waals surface area contributed by atoms with Gasteiger partial charge in [0.15, 0.2) is 0 Å². The number of carbonyl (C=O) groups is 1. The minimum absolute atomic E-state index is 0.0344. The fourth-order valence-electron chi connectivity index (χ4n) is 2.99. The average molecular weight is 296 g/mol. The molecule has 0 spiro atoms. The fraction of sp³-hybridized carbons (Fsp3) is 0.562. The number of piperidine rings is 1. The van der Waals surface area contributed by atoms with Crippen LogP contribution in [-0.2, 0) is 4.79 Å². The lowest BCUT2D eigenvalue weighted by atomic mass is 9.96. The van der Waals surface area contributed by atoms with Crippen molar-refractivity contribution >= 4 is 17.5 Å². The number of aliphatic hydroxyl groups excluding tert-OH is 1.